The van der Waals surface area contributed by atoms with E-state index in [9.17, 15) is 9.18 Å². The van der Waals surface area contributed by atoms with E-state index in [1.807, 2.05) is 24.3 Å². The van der Waals surface area contributed by atoms with Crippen LogP contribution in [0, 0.1) is 12.7 Å². The molecule has 1 aromatic heterocycles. The van der Waals surface area contributed by atoms with Gasteiger partial charge in [-0.3, -0.25) is 5.32 Å². The number of rotatable bonds is 5. The fourth-order valence-electron chi connectivity index (χ4n) is 2.64. The molecule has 3 rings (SSSR count). The normalized spacial score (nSPS) is 11.8. The number of halogens is 2. The van der Waals surface area contributed by atoms with Crippen molar-refractivity contribution in [3.05, 3.63) is 64.0 Å². The summed E-state index contributed by atoms with van der Waals surface area (Å²) in [4.78, 5) is 12.4. The number of amides is 1. The standard InChI is InChI=1S/C20H18BrFN2O4/c1-11-18(19(28-24-11)13-4-6-14(21)7-5-13)23-20(25)27-12(2)16-9-8-15(26-3)10-17(16)22/h4-10,12H,1-3H3,(H,23,25). The summed E-state index contributed by atoms with van der Waals surface area (Å²) in [6.45, 7) is 3.29. The summed E-state index contributed by atoms with van der Waals surface area (Å²) in [5.41, 5.74) is 1.88. The molecule has 28 heavy (non-hydrogen) atoms. The predicted molar refractivity (Wildman–Crippen MR) is 106 cm³/mol. The number of hydrogen-bond donors (Lipinski definition) is 1. The van der Waals surface area contributed by atoms with Crippen LogP contribution in [0.25, 0.3) is 11.3 Å². The molecule has 2 aromatic carbocycles. The Labute approximate surface area is 169 Å². The lowest BCUT2D eigenvalue weighted by Crippen LogP contribution is -2.17. The van der Waals surface area contributed by atoms with Gasteiger partial charge in [0.05, 0.1) is 7.11 Å². The maximum atomic E-state index is 14.2. The quantitative estimate of drug-likeness (QED) is 0.528. The van der Waals surface area contributed by atoms with Gasteiger partial charge in [-0.25, -0.2) is 9.18 Å². The Hall–Kier alpha value is -2.87. The molecule has 1 N–H and O–H groups in total. The molecule has 146 valence electrons. The molecule has 1 heterocycles. The molecule has 0 saturated heterocycles. The number of aromatic nitrogens is 1. The van der Waals surface area contributed by atoms with E-state index >= 15 is 0 Å². The molecule has 0 saturated carbocycles. The number of anilines is 1. The minimum atomic E-state index is -0.804. The van der Waals surface area contributed by atoms with Crippen LogP contribution in [0.2, 0.25) is 0 Å². The van der Waals surface area contributed by atoms with E-state index in [1.165, 1.54) is 19.2 Å². The monoisotopic (exact) mass is 448 g/mol. The van der Waals surface area contributed by atoms with Gasteiger partial charge >= 0.3 is 6.09 Å². The lowest BCUT2D eigenvalue weighted by molar-refractivity contribution is 0.119. The van der Waals surface area contributed by atoms with Crippen molar-refractivity contribution in [2.24, 2.45) is 0 Å². The van der Waals surface area contributed by atoms with E-state index in [-0.39, 0.29) is 5.56 Å². The van der Waals surface area contributed by atoms with Crippen LogP contribution in [0.15, 0.2) is 51.5 Å². The molecule has 0 radical (unpaired) electrons. The van der Waals surface area contributed by atoms with Gasteiger partial charge in [-0.2, -0.15) is 0 Å². The molecule has 6 nitrogen and oxygen atoms in total. The number of ether oxygens (including phenoxy) is 2. The van der Waals surface area contributed by atoms with Gasteiger partial charge in [0.25, 0.3) is 0 Å². The van der Waals surface area contributed by atoms with Crippen molar-refractivity contribution in [3.8, 4) is 17.1 Å². The van der Waals surface area contributed by atoms with Crippen LogP contribution in [0.3, 0.4) is 0 Å². The third-order valence-electron chi connectivity index (χ3n) is 4.13. The summed E-state index contributed by atoms with van der Waals surface area (Å²) in [7, 11) is 1.45. The van der Waals surface area contributed by atoms with Crippen molar-refractivity contribution in [1.82, 2.24) is 5.16 Å². The van der Waals surface area contributed by atoms with Crippen LogP contribution in [0.4, 0.5) is 14.9 Å². The van der Waals surface area contributed by atoms with Crippen LogP contribution in [-0.2, 0) is 4.74 Å². The Morgan fingerprint density at radius 2 is 1.96 bits per heavy atom. The third-order valence-corrected chi connectivity index (χ3v) is 4.65. The SMILES string of the molecule is COc1ccc(C(C)OC(=O)Nc2c(C)noc2-c2ccc(Br)cc2)c(F)c1. The van der Waals surface area contributed by atoms with Crippen molar-refractivity contribution >= 4 is 27.7 Å². The molecule has 0 bridgehead atoms. The Balaban J connectivity index is 1.75. The van der Waals surface area contributed by atoms with Crippen LogP contribution in [0.5, 0.6) is 5.75 Å². The highest BCUT2D eigenvalue weighted by atomic mass is 79.9. The summed E-state index contributed by atoms with van der Waals surface area (Å²) >= 11 is 3.37. The first-order valence-corrected chi connectivity index (χ1v) is 9.21. The van der Waals surface area contributed by atoms with E-state index < -0.39 is 18.0 Å². The smallest absolute Gasteiger partial charge is 0.412 e. The molecule has 0 aliphatic carbocycles. The Morgan fingerprint density at radius 3 is 2.61 bits per heavy atom. The van der Waals surface area contributed by atoms with E-state index in [0.717, 1.165) is 10.0 Å². The fraction of sp³-hybridized carbons (Fsp3) is 0.200. The Kier molecular flexibility index (Phi) is 5.99. The van der Waals surface area contributed by atoms with Gasteiger partial charge in [0.15, 0.2) is 5.76 Å². The number of methoxy groups -OCH3 is 1. The molecule has 0 fully saturated rings. The average molecular weight is 449 g/mol. The van der Waals surface area contributed by atoms with Crippen LogP contribution in [-0.4, -0.2) is 18.4 Å². The lowest BCUT2D eigenvalue weighted by Gasteiger charge is -2.15. The summed E-state index contributed by atoms with van der Waals surface area (Å²) in [6.07, 6.45) is -1.55. The second-order valence-corrected chi connectivity index (χ2v) is 6.95. The molecule has 1 amide bonds. The average Bonchev–Trinajstić information content (AvgIpc) is 3.02. The van der Waals surface area contributed by atoms with Gasteiger partial charge in [-0.15, -0.1) is 0 Å². The number of nitrogens with one attached hydrogen (secondary N) is 1. The van der Waals surface area contributed by atoms with Gasteiger partial charge in [0, 0.05) is 21.7 Å². The number of aryl methyl sites for hydroxylation is 1. The van der Waals surface area contributed by atoms with E-state index in [1.54, 1.807) is 19.9 Å². The van der Waals surface area contributed by atoms with Gasteiger partial charge < -0.3 is 14.0 Å². The van der Waals surface area contributed by atoms with Gasteiger partial charge in [0.1, 0.15) is 29.1 Å². The predicted octanol–water partition coefficient (Wildman–Crippen LogP) is 5.87. The van der Waals surface area contributed by atoms with Crippen molar-refractivity contribution in [2.75, 3.05) is 12.4 Å². The van der Waals surface area contributed by atoms with Crippen molar-refractivity contribution in [3.63, 3.8) is 0 Å². The summed E-state index contributed by atoms with van der Waals surface area (Å²) in [6, 6.07) is 11.7. The van der Waals surface area contributed by atoms with E-state index in [0.29, 0.717) is 22.9 Å². The first kappa shape index (κ1) is 19.9. The van der Waals surface area contributed by atoms with Gasteiger partial charge in [-0.05, 0) is 50.2 Å². The van der Waals surface area contributed by atoms with Crippen LogP contribution >= 0.6 is 15.9 Å². The van der Waals surface area contributed by atoms with Crippen LogP contribution < -0.4 is 10.1 Å². The molecular formula is C20H18BrFN2O4. The van der Waals surface area contributed by atoms with Crippen LogP contribution in [0.1, 0.15) is 24.3 Å². The maximum Gasteiger partial charge on any atom is 0.412 e. The summed E-state index contributed by atoms with van der Waals surface area (Å²) in [5.74, 6) is 0.277. The lowest BCUT2D eigenvalue weighted by atomic mass is 10.1. The number of hydrogen-bond acceptors (Lipinski definition) is 5. The zero-order chi connectivity index (χ0) is 20.3. The number of benzene rings is 2. The highest BCUT2D eigenvalue weighted by molar-refractivity contribution is 9.10. The Bertz CT molecular complexity index is 988. The number of nitrogens with zero attached hydrogens (tertiary/aromatic N) is 1. The number of carbonyl (C=O) groups is 1. The molecular weight excluding hydrogens is 431 g/mol. The van der Waals surface area contributed by atoms with Gasteiger partial charge in [0.2, 0.25) is 0 Å². The molecule has 3 aromatic rings. The Morgan fingerprint density at radius 1 is 1.25 bits per heavy atom. The molecule has 8 heteroatoms. The minimum absolute atomic E-state index is 0.242. The third kappa shape index (κ3) is 4.33. The highest BCUT2D eigenvalue weighted by Gasteiger charge is 2.21. The van der Waals surface area contributed by atoms with Gasteiger partial charge in [-0.1, -0.05) is 21.1 Å². The second kappa shape index (κ2) is 8.43. The van der Waals surface area contributed by atoms with E-state index in [2.05, 4.69) is 26.4 Å². The van der Waals surface area contributed by atoms with Crippen molar-refractivity contribution in [2.45, 2.75) is 20.0 Å². The number of carbonyl (C=O) groups excluding carboxylic acids is 1. The topological polar surface area (TPSA) is 73.6 Å². The first-order valence-electron chi connectivity index (χ1n) is 8.42. The minimum Gasteiger partial charge on any atom is -0.497 e. The fourth-order valence-corrected chi connectivity index (χ4v) is 2.90. The molecule has 0 aliphatic heterocycles. The zero-order valence-electron chi connectivity index (χ0n) is 15.5. The highest BCUT2D eigenvalue weighted by Crippen LogP contribution is 2.32. The van der Waals surface area contributed by atoms with E-state index in [4.69, 9.17) is 14.0 Å². The molecule has 0 aliphatic rings. The first-order chi connectivity index (χ1) is 13.4. The summed E-state index contributed by atoms with van der Waals surface area (Å²) < 4.78 is 30.7. The largest absolute Gasteiger partial charge is 0.497 e. The zero-order valence-corrected chi connectivity index (χ0v) is 17.0. The second-order valence-electron chi connectivity index (χ2n) is 6.04. The van der Waals surface area contributed by atoms with Crippen molar-refractivity contribution in [1.29, 1.82) is 0 Å². The molecule has 1 atom stereocenters. The summed E-state index contributed by atoms with van der Waals surface area (Å²) in [5, 5.41) is 6.55. The molecule has 1 unspecified atom stereocenters. The molecule has 0 spiro atoms. The maximum absolute atomic E-state index is 14.2. The van der Waals surface area contributed by atoms with Crippen molar-refractivity contribution < 1.29 is 23.2 Å².